The molecule has 0 N–H and O–H groups in total. The highest BCUT2D eigenvalue weighted by Crippen LogP contribution is 2.07. The highest BCUT2D eigenvalue weighted by molar-refractivity contribution is 5.78. The molecule has 0 spiro atoms. The van der Waals surface area contributed by atoms with Gasteiger partial charge in [-0.3, -0.25) is 9.69 Å². The standard InChI is InChI=1S/C15H21NO4/c1-4-19-14(17)11-16(15(18)20-12(2)3)10-13-8-6-5-7-9-13/h5-9,12H,4,10-11H2,1-3H3. The zero-order valence-electron chi connectivity index (χ0n) is 12.2. The topological polar surface area (TPSA) is 55.8 Å². The summed E-state index contributed by atoms with van der Waals surface area (Å²) in [6.45, 7) is 5.74. The summed E-state index contributed by atoms with van der Waals surface area (Å²) in [5.74, 6) is -0.441. The molecule has 5 heteroatoms. The Morgan fingerprint density at radius 1 is 1.20 bits per heavy atom. The van der Waals surface area contributed by atoms with Crippen molar-refractivity contribution in [3.05, 3.63) is 35.9 Å². The third kappa shape index (κ3) is 5.73. The molecule has 1 rings (SSSR count). The molecule has 5 nitrogen and oxygen atoms in total. The van der Waals surface area contributed by atoms with Gasteiger partial charge in [0.2, 0.25) is 0 Å². The molecule has 0 bridgehead atoms. The maximum Gasteiger partial charge on any atom is 0.410 e. The fourth-order valence-corrected chi connectivity index (χ4v) is 1.63. The van der Waals surface area contributed by atoms with E-state index >= 15 is 0 Å². The van der Waals surface area contributed by atoms with Gasteiger partial charge in [0.05, 0.1) is 12.7 Å². The molecule has 0 saturated heterocycles. The summed E-state index contributed by atoms with van der Waals surface area (Å²) in [7, 11) is 0. The normalized spacial score (nSPS) is 10.2. The molecule has 0 radical (unpaired) electrons. The van der Waals surface area contributed by atoms with Gasteiger partial charge in [0.25, 0.3) is 0 Å². The Labute approximate surface area is 119 Å². The number of hydrogen-bond acceptors (Lipinski definition) is 4. The van der Waals surface area contributed by atoms with E-state index in [1.54, 1.807) is 20.8 Å². The number of benzene rings is 1. The molecule has 0 aliphatic carbocycles. The quantitative estimate of drug-likeness (QED) is 0.751. The van der Waals surface area contributed by atoms with Crippen LogP contribution in [0.1, 0.15) is 26.3 Å². The van der Waals surface area contributed by atoms with Gasteiger partial charge in [0, 0.05) is 6.54 Å². The van der Waals surface area contributed by atoms with Crippen molar-refractivity contribution in [3.8, 4) is 0 Å². The van der Waals surface area contributed by atoms with E-state index in [2.05, 4.69) is 0 Å². The van der Waals surface area contributed by atoms with Crippen molar-refractivity contribution in [1.29, 1.82) is 0 Å². The van der Waals surface area contributed by atoms with E-state index in [4.69, 9.17) is 9.47 Å². The molecule has 0 aliphatic heterocycles. The second kappa shape index (κ2) is 8.19. The van der Waals surface area contributed by atoms with Gasteiger partial charge in [-0.1, -0.05) is 30.3 Å². The van der Waals surface area contributed by atoms with Crippen LogP contribution in [0.3, 0.4) is 0 Å². The zero-order chi connectivity index (χ0) is 15.0. The first-order valence-electron chi connectivity index (χ1n) is 6.68. The van der Waals surface area contributed by atoms with Gasteiger partial charge in [0.15, 0.2) is 0 Å². The lowest BCUT2D eigenvalue weighted by molar-refractivity contribution is -0.144. The summed E-state index contributed by atoms with van der Waals surface area (Å²) >= 11 is 0. The summed E-state index contributed by atoms with van der Waals surface area (Å²) in [5, 5.41) is 0. The fourth-order valence-electron chi connectivity index (χ4n) is 1.63. The first kappa shape index (κ1) is 16.0. The Bertz CT molecular complexity index is 431. The Morgan fingerprint density at radius 2 is 1.85 bits per heavy atom. The summed E-state index contributed by atoms with van der Waals surface area (Å²) in [4.78, 5) is 24.9. The monoisotopic (exact) mass is 279 g/mol. The smallest absolute Gasteiger partial charge is 0.410 e. The van der Waals surface area contributed by atoms with Crippen LogP contribution in [-0.4, -0.2) is 36.2 Å². The Kier molecular flexibility index (Phi) is 6.56. The Morgan fingerprint density at radius 3 is 2.40 bits per heavy atom. The fraction of sp³-hybridized carbons (Fsp3) is 0.467. The highest BCUT2D eigenvalue weighted by atomic mass is 16.6. The van der Waals surface area contributed by atoms with Crippen molar-refractivity contribution in [2.75, 3.05) is 13.2 Å². The van der Waals surface area contributed by atoms with Crippen LogP contribution >= 0.6 is 0 Å². The molecule has 0 unspecified atom stereocenters. The molecule has 110 valence electrons. The third-order valence-corrected chi connectivity index (χ3v) is 2.44. The van der Waals surface area contributed by atoms with Crippen LogP contribution in [-0.2, 0) is 20.8 Å². The molecule has 0 fully saturated rings. The largest absolute Gasteiger partial charge is 0.465 e. The highest BCUT2D eigenvalue weighted by Gasteiger charge is 2.20. The van der Waals surface area contributed by atoms with Crippen molar-refractivity contribution in [3.63, 3.8) is 0 Å². The first-order valence-corrected chi connectivity index (χ1v) is 6.68. The van der Waals surface area contributed by atoms with Gasteiger partial charge in [0.1, 0.15) is 6.54 Å². The van der Waals surface area contributed by atoms with Gasteiger partial charge in [-0.2, -0.15) is 0 Å². The second-order valence-electron chi connectivity index (χ2n) is 4.58. The van der Waals surface area contributed by atoms with Crippen LogP contribution in [0.5, 0.6) is 0 Å². The lowest BCUT2D eigenvalue weighted by atomic mass is 10.2. The number of esters is 1. The molecule has 0 heterocycles. The second-order valence-corrected chi connectivity index (χ2v) is 4.58. The van der Waals surface area contributed by atoms with E-state index in [-0.39, 0.29) is 19.3 Å². The molecular formula is C15H21NO4. The van der Waals surface area contributed by atoms with Crippen LogP contribution in [0.2, 0.25) is 0 Å². The van der Waals surface area contributed by atoms with Gasteiger partial charge in [-0.15, -0.1) is 0 Å². The lowest BCUT2D eigenvalue weighted by Crippen LogP contribution is -2.37. The minimum atomic E-state index is -0.517. The van der Waals surface area contributed by atoms with Crippen molar-refractivity contribution in [1.82, 2.24) is 4.90 Å². The van der Waals surface area contributed by atoms with E-state index in [9.17, 15) is 9.59 Å². The molecule has 0 saturated carbocycles. The molecule has 20 heavy (non-hydrogen) atoms. The van der Waals surface area contributed by atoms with Gasteiger partial charge < -0.3 is 9.47 Å². The van der Waals surface area contributed by atoms with Crippen LogP contribution in [0.4, 0.5) is 4.79 Å². The lowest BCUT2D eigenvalue weighted by Gasteiger charge is -2.22. The minimum absolute atomic E-state index is 0.117. The SMILES string of the molecule is CCOC(=O)CN(Cc1ccccc1)C(=O)OC(C)C. The summed E-state index contributed by atoms with van der Waals surface area (Å²) in [5.41, 5.74) is 0.928. The zero-order valence-corrected chi connectivity index (χ0v) is 12.2. The maximum absolute atomic E-state index is 12.0. The summed E-state index contributed by atoms with van der Waals surface area (Å²) in [6, 6.07) is 9.44. The first-order chi connectivity index (χ1) is 9.52. The van der Waals surface area contributed by atoms with Crippen LogP contribution in [0.25, 0.3) is 0 Å². The predicted octanol–water partition coefficient (Wildman–Crippen LogP) is 2.60. The molecule has 0 aromatic heterocycles. The summed E-state index contributed by atoms with van der Waals surface area (Å²) < 4.78 is 10.0. The number of amides is 1. The number of carbonyl (C=O) groups excluding carboxylic acids is 2. The molecule has 1 aromatic rings. The van der Waals surface area contributed by atoms with E-state index < -0.39 is 12.1 Å². The van der Waals surface area contributed by atoms with Gasteiger partial charge in [-0.05, 0) is 26.3 Å². The van der Waals surface area contributed by atoms with Crippen molar-refractivity contribution in [2.45, 2.75) is 33.4 Å². The maximum atomic E-state index is 12.0. The average molecular weight is 279 g/mol. The van der Waals surface area contributed by atoms with Crippen molar-refractivity contribution >= 4 is 12.1 Å². The number of rotatable bonds is 6. The van der Waals surface area contributed by atoms with Crippen molar-refractivity contribution in [2.24, 2.45) is 0 Å². The molecule has 0 aliphatic rings. The number of hydrogen-bond donors (Lipinski definition) is 0. The van der Waals surface area contributed by atoms with Gasteiger partial charge in [-0.25, -0.2) is 4.79 Å². The Hall–Kier alpha value is -2.04. The van der Waals surface area contributed by atoms with Gasteiger partial charge >= 0.3 is 12.1 Å². The minimum Gasteiger partial charge on any atom is -0.465 e. The molecule has 1 amide bonds. The van der Waals surface area contributed by atoms with Crippen LogP contribution in [0.15, 0.2) is 30.3 Å². The van der Waals surface area contributed by atoms with E-state index in [0.29, 0.717) is 6.54 Å². The predicted molar refractivity (Wildman–Crippen MR) is 75.1 cm³/mol. The number of carbonyl (C=O) groups is 2. The number of ether oxygens (including phenoxy) is 2. The van der Waals surface area contributed by atoms with E-state index in [1.165, 1.54) is 4.90 Å². The van der Waals surface area contributed by atoms with Crippen molar-refractivity contribution < 1.29 is 19.1 Å². The van der Waals surface area contributed by atoms with E-state index in [1.807, 2.05) is 30.3 Å². The average Bonchev–Trinajstić information content (AvgIpc) is 2.38. The van der Waals surface area contributed by atoms with Crippen LogP contribution in [0, 0.1) is 0 Å². The molecular weight excluding hydrogens is 258 g/mol. The summed E-state index contributed by atoms with van der Waals surface area (Å²) in [6.07, 6.45) is -0.750. The van der Waals surface area contributed by atoms with E-state index in [0.717, 1.165) is 5.56 Å². The third-order valence-electron chi connectivity index (χ3n) is 2.44. The number of nitrogens with zero attached hydrogens (tertiary/aromatic N) is 1. The molecule has 0 atom stereocenters. The molecule has 1 aromatic carbocycles. The Balaban J connectivity index is 2.73. The van der Waals surface area contributed by atoms with Crippen LogP contribution < -0.4 is 0 Å².